The monoisotopic (exact) mass is 630 g/mol. The first-order valence-corrected chi connectivity index (χ1v) is 9.81. The van der Waals surface area contributed by atoms with Crippen LogP contribution in [0.15, 0.2) is 12.7 Å². The van der Waals surface area contributed by atoms with Crippen molar-refractivity contribution in [1.29, 1.82) is 0 Å². The third kappa shape index (κ3) is 5.34. The van der Waals surface area contributed by atoms with Gasteiger partial charge in [0, 0.05) is 6.08 Å². The van der Waals surface area contributed by atoms with Crippen molar-refractivity contribution in [2.24, 2.45) is 0 Å². The molecule has 0 saturated heterocycles. The molecule has 0 radical (unpaired) electrons. The highest BCUT2D eigenvalue weighted by Crippen LogP contribution is 2.53. The standard InChI is InChI=1S/C21H7F17O3/c1-2-5(39)40-3-18(31,32)20(35,36)21(37,38)19(33,34)4-41-17-15(29)10(24)7(11(25)16(17)30)6-8(22)12(26)14(28)13(27)9(6)23/h2H,1,3-4H2. The van der Waals surface area contributed by atoms with Crippen molar-refractivity contribution in [2.75, 3.05) is 13.2 Å². The predicted molar refractivity (Wildman–Crippen MR) is 97.9 cm³/mol. The molecule has 0 aromatic heterocycles. The van der Waals surface area contributed by atoms with Gasteiger partial charge in [-0.2, -0.15) is 43.9 Å². The maximum Gasteiger partial charge on any atom is 0.381 e. The number of carbonyl (C=O) groups excluding carboxylic acids is 1. The van der Waals surface area contributed by atoms with E-state index in [0.29, 0.717) is 0 Å². The lowest BCUT2D eigenvalue weighted by molar-refractivity contribution is -0.373. The van der Waals surface area contributed by atoms with Crippen molar-refractivity contribution in [3.05, 3.63) is 65.0 Å². The van der Waals surface area contributed by atoms with Crippen LogP contribution in [0.1, 0.15) is 0 Å². The molecular formula is C21H7F17O3. The Morgan fingerprint density at radius 3 is 1.24 bits per heavy atom. The second-order valence-electron chi connectivity index (χ2n) is 7.56. The molecule has 2 aromatic carbocycles. The molecule has 0 aliphatic rings. The molecule has 0 amide bonds. The summed E-state index contributed by atoms with van der Waals surface area (Å²) in [5.41, 5.74) is -5.31. The number of carbonyl (C=O) groups is 1. The minimum atomic E-state index is -7.23. The van der Waals surface area contributed by atoms with E-state index in [2.05, 4.69) is 16.1 Å². The van der Waals surface area contributed by atoms with Crippen molar-refractivity contribution >= 4 is 5.97 Å². The molecule has 0 aliphatic carbocycles. The molecule has 0 atom stereocenters. The Labute approximate surface area is 214 Å². The van der Waals surface area contributed by atoms with Gasteiger partial charge in [-0.15, -0.1) is 0 Å². The van der Waals surface area contributed by atoms with Crippen LogP contribution in [0.25, 0.3) is 11.1 Å². The van der Waals surface area contributed by atoms with Crippen LogP contribution in [0, 0.1) is 52.4 Å². The molecule has 2 rings (SSSR count). The van der Waals surface area contributed by atoms with Crippen LogP contribution in [-0.2, 0) is 9.53 Å². The van der Waals surface area contributed by atoms with Gasteiger partial charge < -0.3 is 9.47 Å². The molecular weight excluding hydrogens is 623 g/mol. The zero-order chi connectivity index (χ0) is 32.0. The normalized spacial score (nSPS) is 12.9. The molecule has 0 saturated carbocycles. The summed E-state index contributed by atoms with van der Waals surface area (Å²) in [5.74, 6) is -59.3. The van der Waals surface area contributed by atoms with Crippen molar-refractivity contribution in [1.82, 2.24) is 0 Å². The Morgan fingerprint density at radius 2 is 0.878 bits per heavy atom. The molecule has 3 nitrogen and oxygen atoms in total. The Balaban J connectivity index is 2.54. The summed E-state index contributed by atoms with van der Waals surface area (Å²) in [6, 6.07) is 0. The number of halogens is 17. The van der Waals surface area contributed by atoms with E-state index in [1.807, 2.05) is 0 Å². The molecule has 41 heavy (non-hydrogen) atoms. The first-order valence-electron chi connectivity index (χ1n) is 9.81. The Morgan fingerprint density at radius 1 is 0.561 bits per heavy atom. The lowest BCUT2D eigenvalue weighted by Gasteiger charge is -2.36. The number of hydrogen-bond acceptors (Lipinski definition) is 3. The number of rotatable bonds is 10. The highest BCUT2D eigenvalue weighted by molar-refractivity contribution is 5.81. The van der Waals surface area contributed by atoms with Gasteiger partial charge in [0.05, 0.1) is 11.1 Å². The van der Waals surface area contributed by atoms with Gasteiger partial charge in [-0.1, -0.05) is 6.58 Å². The highest BCUT2D eigenvalue weighted by atomic mass is 19.4. The average Bonchev–Trinajstić information content (AvgIpc) is 2.89. The molecule has 0 unspecified atom stereocenters. The van der Waals surface area contributed by atoms with Crippen LogP contribution in [-0.4, -0.2) is 42.9 Å². The topological polar surface area (TPSA) is 35.5 Å². The summed E-state index contributed by atoms with van der Waals surface area (Å²) in [6.07, 6.45) is 0.0906. The van der Waals surface area contributed by atoms with E-state index < -0.39 is 112 Å². The van der Waals surface area contributed by atoms with Gasteiger partial charge in [0.2, 0.25) is 17.5 Å². The number of ether oxygens (including phenoxy) is 2. The summed E-state index contributed by atoms with van der Waals surface area (Å²) >= 11 is 0. The largest absolute Gasteiger partial charge is 0.481 e. The Kier molecular flexibility index (Phi) is 8.91. The molecule has 0 N–H and O–H groups in total. The van der Waals surface area contributed by atoms with Gasteiger partial charge in [-0.05, 0) is 0 Å². The average molecular weight is 630 g/mol. The van der Waals surface area contributed by atoms with Crippen molar-refractivity contribution in [2.45, 2.75) is 23.7 Å². The summed E-state index contributed by atoms with van der Waals surface area (Å²) in [5, 5.41) is 0. The lowest BCUT2D eigenvalue weighted by atomic mass is 9.99. The summed E-state index contributed by atoms with van der Waals surface area (Å²) in [6.45, 7) is -3.73. The van der Waals surface area contributed by atoms with Crippen LogP contribution < -0.4 is 4.74 Å². The van der Waals surface area contributed by atoms with Gasteiger partial charge in [-0.25, -0.2) is 35.5 Å². The smallest absolute Gasteiger partial charge is 0.381 e. The molecule has 0 heterocycles. The predicted octanol–water partition coefficient (Wildman–Crippen LogP) is 7.25. The van der Waals surface area contributed by atoms with Gasteiger partial charge in [0.15, 0.2) is 53.9 Å². The summed E-state index contributed by atoms with van der Waals surface area (Å²) in [4.78, 5) is 10.7. The van der Waals surface area contributed by atoms with Gasteiger partial charge in [0.1, 0.15) is 0 Å². The second kappa shape index (κ2) is 10.9. The molecule has 0 spiro atoms. The minimum Gasteiger partial charge on any atom is -0.481 e. The maximum absolute atomic E-state index is 14.4. The van der Waals surface area contributed by atoms with Gasteiger partial charge >= 0.3 is 29.7 Å². The van der Waals surface area contributed by atoms with E-state index in [-0.39, 0.29) is 6.08 Å². The van der Waals surface area contributed by atoms with E-state index in [1.165, 1.54) is 0 Å². The fourth-order valence-corrected chi connectivity index (χ4v) is 2.81. The third-order valence-corrected chi connectivity index (χ3v) is 4.96. The number of alkyl halides is 8. The molecule has 20 heteroatoms. The van der Waals surface area contributed by atoms with E-state index in [0.717, 1.165) is 0 Å². The van der Waals surface area contributed by atoms with Crippen LogP contribution >= 0.6 is 0 Å². The maximum atomic E-state index is 14.4. The first-order chi connectivity index (χ1) is 18.5. The van der Waals surface area contributed by atoms with E-state index >= 15 is 0 Å². The fourth-order valence-electron chi connectivity index (χ4n) is 2.81. The fraction of sp³-hybridized carbons (Fsp3) is 0.286. The molecule has 228 valence electrons. The van der Waals surface area contributed by atoms with E-state index in [9.17, 15) is 79.4 Å². The third-order valence-electron chi connectivity index (χ3n) is 4.96. The van der Waals surface area contributed by atoms with E-state index in [4.69, 9.17) is 0 Å². The Bertz CT molecular complexity index is 1330. The van der Waals surface area contributed by atoms with Crippen LogP contribution in [0.2, 0.25) is 0 Å². The first kappa shape index (κ1) is 33.5. The van der Waals surface area contributed by atoms with Gasteiger partial charge in [-0.3, -0.25) is 0 Å². The summed E-state index contributed by atoms with van der Waals surface area (Å²) < 4.78 is 242. The second-order valence-corrected chi connectivity index (χ2v) is 7.56. The zero-order valence-corrected chi connectivity index (χ0v) is 18.8. The number of hydrogen-bond donors (Lipinski definition) is 0. The van der Waals surface area contributed by atoms with Crippen LogP contribution in [0.5, 0.6) is 5.75 Å². The zero-order valence-electron chi connectivity index (χ0n) is 18.8. The van der Waals surface area contributed by atoms with Crippen LogP contribution in [0.4, 0.5) is 74.6 Å². The summed E-state index contributed by atoms with van der Waals surface area (Å²) in [7, 11) is 0. The molecule has 0 bridgehead atoms. The number of benzene rings is 2. The van der Waals surface area contributed by atoms with Crippen molar-refractivity contribution in [3.8, 4) is 16.9 Å². The molecule has 0 fully saturated rings. The van der Waals surface area contributed by atoms with Crippen LogP contribution in [0.3, 0.4) is 0 Å². The molecule has 2 aromatic rings. The number of esters is 1. The highest BCUT2D eigenvalue weighted by Gasteiger charge is 2.81. The quantitative estimate of drug-likeness (QED) is 0.0913. The Hall–Kier alpha value is -3.74. The van der Waals surface area contributed by atoms with Crippen molar-refractivity contribution < 1.29 is 88.9 Å². The van der Waals surface area contributed by atoms with E-state index in [1.54, 1.807) is 0 Å². The van der Waals surface area contributed by atoms with Crippen molar-refractivity contribution in [3.63, 3.8) is 0 Å². The van der Waals surface area contributed by atoms with Gasteiger partial charge in [0.25, 0.3) is 0 Å². The lowest BCUT2D eigenvalue weighted by Crippen LogP contribution is -2.64. The SMILES string of the molecule is C=CC(=O)OCC(F)(F)C(F)(F)C(F)(F)C(F)(F)COc1c(F)c(F)c(-c2c(F)c(F)c(F)c(F)c2F)c(F)c1F. The molecule has 0 aliphatic heterocycles. The minimum absolute atomic E-state index is 0.0906.